The first-order valence-corrected chi connectivity index (χ1v) is 8.25. The van der Waals surface area contributed by atoms with Crippen LogP contribution in [0.4, 0.5) is 13.2 Å². The second kappa shape index (κ2) is 7.25. The molecule has 28 heavy (non-hydrogen) atoms. The summed E-state index contributed by atoms with van der Waals surface area (Å²) in [6, 6.07) is 13.4. The van der Waals surface area contributed by atoms with Crippen molar-refractivity contribution < 1.29 is 32.9 Å². The lowest BCUT2D eigenvalue weighted by Crippen LogP contribution is -2.57. The highest BCUT2D eigenvalue weighted by Crippen LogP contribution is 2.42. The normalized spacial score (nSPS) is 20.6. The van der Waals surface area contributed by atoms with Crippen LogP contribution in [0.1, 0.15) is 23.7 Å². The highest BCUT2D eigenvalue weighted by molar-refractivity contribution is 6.04. The van der Waals surface area contributed by atoms with E-state index in [1.165, 1.54) is 55.6 Å². The van der Waals surface area contributed by atoms with Gasteiger partial charge in [-0.05, 0) is 35.4 Å². The smallest absolute Gasteiger partial charge is 0.438 e. The Morgan fingerprint density at radius 1 is 1.18 bits per heavy atom. The van der Waals surface area contributed by atoms with Gasteiger partial charge in [0.15, 0.2) is 6.10 Å². The van der Waals surface area contributed by atoms with Crippen molar-refractivity contribution in [2.75, 3.05) is 7.11 Å². The number of carbonyl (C=O) groups excluding carboxylic acids is 1. The van der Waals surface area contributed by atoms with E-state index in [2.05, 4.69) is 5.10 Å². The van der Waals surface area contributed by atoms with Gasteiger partial charge >= 0.3 is 6.18 Å². The predicted molar refractivity (Wildman–Crippen MR) is 93.4 cm³/mol. The molecule has 9 heteroatoms. The summed E-state index contributed by atoms with van der Waals surface area (Å²) in [5.41, 5.74) is -3.33. The van der Waals surface area contributed by atoms with Gasteiger partial charge in [-0.3, -0.25) is 4.79 Å². The number of hydrogen-bond donors (Lipinski definition) is 2. The van der Waals surface area contributed by atoms with E-state index >= 15 is 0 Å². The topological polar surface area (TPSA) is 82.4 Å². The van der Waals surface area contributed by atoms with Gasteiger partial charge in [-0.2, -0.15) is 23.3 Å². The van der Waals surface area contributed by atoms with Crippen LogP contribution in [0.2, 0.25) is 0 Å². The molecular formula is C19H17F3N2O4. The molecule has 2 aromatic rings. The zero-order valence-corrected chi connectivity index (χ0v) is 14.7. The number of methoxy groups -OCH3 is 1. The number of aliphatic hydroxyl groups excluding tert-OH is 1. The molecule has 148 valence electrons. The lowest BCUT2D eigenvalue weighted by atomic mass is 10.00. The number of hydrogen-bond acceptors (Lipinski definition) is 5. The lowest BCUT2D eigenvalue weighted by Gasteiger charge is -2.33. The maximum absolute atomic E-state index is 13.6. The Morgan fingerprint density at radius 3 is 2.32 bits per heavy atom. The fourth-order valence-corrected chi connectivity index (χ4v) is 2.84. The van der Waals surface area contributed by atoms with Crippen LogP contribution in [0, 0.1) is 0 Å². The van der Waals surface area contributed by atoms with E-state index in [1.54, 1.807) is 6.07 Å². The molecule has 0 saturated heterocycles. The number of alkyl halides is 3. The van der Waals surface area contributed by atoms with E-state index in [0.717, 1.165) is 0 Å². The Kier molecular flexibility index (Phi) is 5.14. The number of halogens is 3. The molecule has 0 unspecified atom stereocenters. The molecule has 0 radical (unpaired) electrons. The van der Waals surface area contributed by atoms with Crippen LogP contribution in [0.15, 0.2) is 59.7 Å². The Bertz CT molecular complexity index is 884. The zero-order chi connectivity index (χ0) is 20.5. The van der Waals surface area contributed by atoms with Gasteiger partial charge in [-0.1, -0.05) is 30.3 Å². The molecular weight excluding hydrogens is 377 g/mol. The minimum absolute atomic E-state index is 0.0791. The molecule has 0 aromatic heterocycles. The molecule has 6 nitrogen and oxygen atoms in total. The summed E-state index contributed by atoms with van der Waals surface area (Å²) < 4.78 is 45.8. The minimum Gasteiger partial charge on any atom is -0.497 e. The summed E-state index contributed by atoms with van der Waals surface area (Å²) >= 11 is 0. The van der Waals surface area contributed by atoms with Crippen molar-refractivity contribution in [3.63, 3.8) is 0 Å². The molecule has 0 bridgehead atoms. The summed E-state index contributed by atoms with van der Waals surface area (Å²) in [6.45, 7) is 0. The van der Waals surface area contributed by atoms with Gasteiger partial charge in [0.1, 0.15) is 5.75 Å². The van der Waals surface area contributed by atoms with Crippen molar-refractivity contribution in [2.45, 2.75) is 24.4 Å². The number of carbonyl (C=O) groups is 1. The number of nitrogens with zero attached hydrogens (tertiary/aromatic N) is 2. The van der Waals surface area contributed by atoms with E-state index in [1.807, 2.05) is 0 Å². The maximum Gasteiger partial charge on any atom is 0.438 e. The fourth-order valence-electron chi connectivity index (χ4n) is 2.84. The predicted octanol–water partition coefficient (Wildman–Crippen LogP) is 2.62. The molecule has 1 amide bonds. The summed E-state index contributed by atoms with van der Waals surface area (Å²) in [6.07, 6.45) is -8.05. The molecule has 1 aliphatic rings. The number of benzene rings is 2. The maximum atomic E-state index is 13.6. The van der Waals surface area contributed by atoms with E-state index < -0.39 is 30.3 Å². The number of amides is 1. The van der Waals surface area contributed by atoms with E-state index in [4.69, 9.17) is 4.74 Å². The third-order valence-corrected chi connectivity index (χ3v) is 4.42. The molecule has 0 spiro atoms. The number of rotatable bonds is 4. The van der Waals surface area contributed by atoms with Crippen LogP contribution in [0.25, 0.3) is 0 Å². The van der Waals surface area contributed by atoms with Crippen molar-refractivity contribution >= 4 is 11.6 Å². The van der Waals surface area contributed by atoms with Gasteiger partial charge in [0.2, 0.25) is 0 Å². The summed E-state index contributed by atoms with van der Waals surface area (Å²) in [5, 5.41) is 24.2. The highest BCUT2D eigenvalue weighted by Gasteiger charge is 2.63. The molecule has 0 aliphatic carbocycles. The summed E-state index contributed by atoms with van der Waals surface area (Å²) in [4.78, 5) is 12.6. The SMILES string of the molecule is COc1ccc(C2=NN(C(=O)[C@@H](O)c3ccccc3)[C@](O)(C(F)(F)F)C2)cc1. The van der Waals surface area contributed by atoms with E-state index in [-0.39, 0.29) is 21.8 Å². The molecule has 3 rings (SSSR count). The van der Waals surface area contributed by atoms with Gasteiger partial charge in [0.25, 0.3) is 11.6 Å². The first-order valence-electron chi connectivity index (χ1n) is 8.25. The van der Waals surface area contributed by atoms with Crippen molar-refractivity contribution in [2.24, 2.45) is 5.10 Å². The first kappa shape index (κ1) is 19.8. The van der Waals surface area contributed by atoms with Crippen molar-refractivity contribution in [3.05, 3.63) is 65.7 Å². The molecule has 1 aliphatic heterocycles. The Hall–Kier alpha value is -2.91. The van der Waals surface area contributed by atoms with Crippen LogP contribution < -0.4 is 4.74 Å². The largest absolute Gasteiger partial charge is 0.497 e. The molecule has 0 saturated carbocycles. The quantitative estimate of drug-likeness (QED) is 0.835. The van der Waals surface area contributed by atoms with Gasteiger partial charge in [0, 0.05) is 0 Å². The van der Waals surface area contributed by atoms with Gasteiger partial charge in [-0.25, -0.2) is 0 Å². The number of hydrazone groups is 1. The summed E-state index contributed by atoms with van der Waals surface area (Å²) in [5.74, 6) is -0.893. The number of ether oxygens (including phenoxy) is 1. The molecule has 2 N–H and O–H groups in total. The second-order valence-electron chi connectivity index (χ2n) is 6.23. The summed E-state index contributed by atoms with van der Waals surface area (Å²) in [7, 11) is 1.44. The Labute approximate surface area is 158 Å². The van der Waals surface area contributed by atoms with Gasteiger partial charge < -0.3 is 14.9 Å². The van der Waals surface area contributed by atoms with Crippen molar-refractivity contribution in [1.29, 1.82) is 0 Å². The second-order valence-corrected chi connectivity index (χ2v) is 6.23. The Balaban J connectivity index is 1.98. The van der Waals surface area contributed by atoms with Gasteiger partial charge in [-0.15, -0.1) is 0 Å². The third-order valence-electron chi connectivity index (χ3n) is 4.42. The van der Waals surface area contributed by atoms with Crippen molar-refractivity contribution in [3.8, 4) is 5.75 Å². The van der Waals surface area contributed by atoms with Crippen LogP contribution >= 0.6 is 0 Å². The van der Waals surface area contributed by atoms with E-state index in [9.17, 15) is 28.2 Å². The molecule has 2 atom stereocenters. The monoisotopic (exact) mass is 394 g/mol. The van der Waals surface area contributed by atoms with Gasteiger partial charge in [0.05, 0.1) is 19.2 Å². The Morgan fingerprint density at radius 2 is 1.79 bits per heavy atom. The van der Waals surface area contributed by atoms with Crippen LogP contribution in [0.5, 0.6) is 5.75 Å². The fraction of sp³-hybridized carbons (Fsp3) is 0.263. The third kappa shape index (κ3) is 3.46. The average Bonchev–Trinajstić information content (AvgIpc) is 3.06. The van der Waals surface area contributed by atoms with E-state index in [0.29, 0.717) is 5.75 Å². The van der Waals surface area contributed by atoms with Crippen LogP contribution in [-0.4, -0.2) is 45.9 Å². The average molecular weight is 394 g/mol. The zero-order valence-electron chi connectivity index (χ0n) is 14.7. The van der Waals surface area contributed by atoms with Crippen molar-refractivity contribution in [1.82, 2.24) is 5.01 Å². The molecule has 2 aromatic carbocycles. The molecule has 1 heterocycles. The van der Waals surface area contributed by atoms with Crippen LogP contribution in [0.3, 0.4) is 0 Å². The van der Waals surface area contributed by atoms with Crippen LogP contribution in [-0.2, 0) is 4.79 Å². The highest BCUT2D eigenvalue weighted by atomic mass is 19.4. The number of aliphatic hydroxyl groups is 2. The lowest BCUT2D eigenvalue weighted by molar-refractivity contribution is -0.303. The first-order chi connectivity index (χ1) is 13.2. The minimum atomic E-state index is -5.18. The molecule has 0 fully saturated rings. The standard InChI is InChI=1S/C19H17F3N2O4/c1-28-14-9-7-12(8-10-14)15-11-18(27,19(20,21)22)24(23-15)17(26)16(25)13-5-3-2-4-6-13/h2-10,16,25,27H,11H2,1H3/t16-,18+/m0/s1.